The van der Waals surface area contributed by atoms with Crippen molar-refractivity contribution >= 4 is 18.3 Å². The van der Waals surface area contributed by atoms with E-state index in [1.54, 1.807) is 0 Å². The number of unbranched alkanes of at least 4 members (excludes halogenated alkanes) is 9. The van der Waals surface area contributed by atoms with E-state index in [4.69, 9.17) is 14.2 Å². The Morgan fingerprint density at radius 2 is 0.667 bits per heavy atom. The van der Waals surface area contributed by atoms with Gasteiger partial charge in [0.1, 0.15) is 16.8 Å². The third-order valence-electron chi connectivity index (χ3n) is 11.9. The standard InChI is InChI=1S/C45H81N9O9/c1-34-28-49(34)31-43(4,5)61-37(55)46-22-16-10-13-19-25-52-40(58)53(26-20-14-11-17-23-47-38(56)62-44(6,7)32-50-29-35(50)2)42(60)54(41(52)59)27-21-15-12-18-24-48-39(57)63-45(8,9)33-51-30-36(51)3/h34-36H,10-33H2,1-9H3,(H,46,55)(H,47,56)(H,48,57). The molecule has 360 valence electrons. The predicted octanol–water partition coefficient (Wildman–Crippen LogP) is 4.48. The maximum absolute atomic E-state index is 13.6. The molecule has 63 heavy (non-hydrogen) atoms. The lowest BCUT2D eigenvalue weighted by Crippen LogP contribution is -2.54. The summed E-state index contributed by atoms with van der Waals surface area (Å²) in [6.45, 7) is 24.9. The number of nitrogens with zero attached hydrogens (tertiary/aromatic N) is 6. The zero-order valence-electron chi connectivity index (χ0n) is 40.1. The number of nitrogens with one attached hydrogen (secondary N) is 3. The van der Waals surface area contributed by atoms with E-state index in [0.29, 0.717) is 76.7 Å². The fourth-order valence-corrected chi connectivity index (χ4v) is 8.04. The van der Waals surface area contributed by atoms with Gasteiger partial charge in [-0.05, 0) is 101 Å². The lowest BCUT2D eigenvalue weighted by atomic mass is 10.1. The highest BCUT2D eigenvalue weighted by Gasteiger charge is 2.38. The van der Waals surface area contributed by atoms with Crippen LogP contribution in [-0.4, -0.2) is 141 Å². The average molecular weight is 892 g/mol. The zero-order chi connectivity index (χ0) is 46.4. The van der Waals surface area contributed by atoms with E-state index in [9.17, 15) is 28.8 Å². The summed E-state index contributed by atoms with van der Waals surface area (Å²) < 4.78 is 20.4. The van der Waals surface area contributed by atoms with Crippen molar-refractivity contribution < 1.29 is 28.6 Å². The summed E-state index contributed by atoms with van der Waals surface area (Å²) in [6.07, 6.45) is 7.05. The molecule has 0 saturated carbocycles. The second-order valence-electron chi connectivity index (χ2n) is 20.1. The molecule has 0 radical (unpaired) electrons. The van der Waals surface area contributed by atoms with E-state index in [0.717, 1.165) is 77.4 Å². The molecule has 3 fully saturated rings. The van der Waals surface area contributed by atoms with Gasteiger partial charge >= 0.3 is 35.3 Å². The van der Waals surface area contributed by atoms with Crippen LogP contribution in [0.15, 0.2) is 14.4 Å². The number of amides is 3. The van der Waals surface area contributed by atoms with Gasteiger partial charge in [0.15, 0.2) is 0 Å². The molecule has 3 aliphatic rings. The molecule has 18 heteroatoms. The summed E-state index contributed by atoms with van der Waals surface area (Å²) in [7, 11) is 0. The molecule has 4 rings (SSSR count). The van der Waals surface area contributed by atoms with E-state index in [-0.39, 0.29) is 19.6 Å². The number of ether oxygens (including phenoxy) is 3. The minimum atomic E-state index is -0.598. The molecule has 0 aromatic carbocycles. The van der Waals surface area contributed by atoms with Crippen LogP contribution in [0.2, 0.25) is 0 Å². The maximum atomic E-state index is 13.6. The van der Waals surface area contributed by atoms with Gasteiger partial charge in [0.2, 0.25) is 0 Å². The smallest absolute Gasteiger partial charge is 0.407 e. The van der Waals surface area contributed by atoms with Gasteiger partial charge in [-0.3, -0.25) is 14.7 Å². The molecular formula is C45H81N9O9. The fraction of sp³-hybridized carbons (Fsp3) is 0.867. The highest BCUT2D eigenvalue weighted by molar-refractivity contribution is 5.68. The molecule has 3 aliphatic heterocycles. The molecule has 3 saturated heterocycles. The molecule has 3 amide bonds. The molecular weight excluding hydrogens is 811 g/mol. The molecule has 3 N–H and O–H groups in total. The van der Waals surface area contributed by atoms with E-state index in [1.807, 2.05) is 41.5 Å². The summed E-state index contributed by atoms with van der Waals surface area (Å²) in [6, 6.07) is 1.59. The van der Waals surface area contributed by atoms with E-state index >= 15 is 0 Å². The van der Waals surface area contributed by atoms with Crippen molar-refractivity contribution in [2.45, 2.75) is 194 Å². The predicted molar refractivity (Wildman–Crippen MR) is 243 cm³/mol. The van der Waals surface area contributed by atoms with Crippen LogP contribution in [0.1, 0.15) is 139 Å². The molecule has 1 aromatic heterocycles. The first-order valence-corrected chi connectivity index (χ1v) is 23.7. The van der Waals surface area contributed by atoms with Crippen LogP contribution in [0, 0.1) is 0 Å². The Hall–Kier alpha value is -3.90. The largest absolute Gasteiger partial charge is 0.442 e. The first-order valence-electron chi connectivity index (χ1n) is 23.7. The molecule has 0 aliphatic carbocycles. The van der Waals surface area contributed by atoms with Crippen molar-refractivity contribution in [2.24, 2.45) is 0 Å². The number of hydrogen-bond acceptors (Lipinski definition) is 12. The quantitative estimate of drug-likeness (QED) is 0.0559. The highest BCUT2D eigenvalue weighted by atomic mass is 16.6. The van der Waals surface area contributed by atoms with Crippen LogP contribution in [0.5, 0.6) is 0 Å². The minimum Gasteiger partial charge on any atom is -0.442 e. The molecule has 4 heterocycles. The van der Waals surface area contributed by atoms with Gasteiger partial charge in [-0.2, -0.15) is 0 Å². The Morgan fingerprint density at radius 1 is 0.444 bits per heavy atom. The normalized spacial score (nSPS) is 21.7. The number of carbonyl (C=O) groups excluding carboxylic acids is 3. The molecule has 18 nitrogen and oxygen atoms in total. The van der Waals surface area contributed by atoms with E-state index in [2.05, 4.69) is 51.4 Å². The summed E-state index contributed by atoms with van der Waals surface area (Å²) in [5, 5.41) is 8.48. The highest BCUT2D eigenvalue weighted by Crippen LogP contribution is 2.24. The van der Waals surface area contributed by atoms with Gasteiger partial charge in [0.25, 0.3) is 0 Å². The van der Waals surface area contributed by atoms with Crippen molar-refractivity contribution in [1.29, 1.82) is 0 Å². The van der Waals surface area contributed by atoms with Crippen LogP contribution < -0.4 is 33.0 Å². The number of rotatable bonds is 30. The number of hydrogen-bond donors (Lipinski definition) is 3. The van der Waals surface area contributed by atoms with Gasteiger partial charge in [-0.25, -0.2) is 42.5 Å². The Balaban J connectivity index is 1.22. The minimum absolute atomic E-state index is 0.182. The van der Waals surface area contributed by atoms with Crippen LogP contribution >= 0.6 is 0 Å². The lowest BCUT2D eigenvalue weighted by Gasteiger charge is -2.25. The number of carbonyl (C=O) groups is 3. The van der Waals surface area contributed by atoms with Gasteiger partial charge in [-0.1, -0.05) is 38.5 Å². The van der Waals surface area contributed by atoms with Crippen molar-refractivity contribution in [3.63, 3.8) is 0 Å². The lowest BCUT2D eigenvalue weighted by molar-refractivity contribution is 0.0271. The summed E-state index contributed by atoms with van der Waals surface area (Å²) in [5.74, 6) is 0. The van der Waals surface area contributed by atoms with Gasteiger partial charge in [-0.15, -0.1) is 0 Å². The second kappa shape index (κ2) is 23.9. The van der Waals surface area contributed by atoms with Crippen molar-refractivity contribution in [2.75, 3.05) is 58.9 Å². The van der Waals surface area contributed by atoms with Crippen molar-refractivity contribution in [3.8, 4) is 0 Å². The topological polar surface area (TPSA) is 190 Å². The Kier molecular flexibility index (Phi) is 19.6. The maximum Gasteiger partial charge on any atom is 0.407 e. The van der Waals surface area contributed by atoms with E-state index in [1.165, 1.54) is 13.7 Å². The summed E-state index contributed by atoms with van der Waals surface area (Å²) in [4.78, 5) is 84.8. The third kappa shape index (κ3) is 19.0. The van der Waals surface area contributed by atoms with Crippen molar-refractivity contribution in [3.05, 3.63) is 31.5 Å². The summed E-state index contributed by atoms with van der Waals surface area (Å²) >= 11 is 0. The molecule has 1 aromatic rings. The average Bonchev–Trinajstić information content (AvgIpc) is 4.14. The Morgan fingerprint density at radius 3 is 0.889 bits per heavy atom. The second-order valence-corrected chi connectivity index (χ2v) is 20.1. The first kappa shape index (κ1) is 51.7. The van der Waals surface area contributed by atoms with Crippen LogP contribution in [0.25, 0.3) is 0 Å². The Bertz CT molecular complexity index is 1590. The fourth-order valence-electron chi connectivity index (χ4n) is 8.04. The van der Waals surface area contributed by atoms with Gasteiger partial charge < -0.3 is 30.2 Å². The molecule has 6 atom stereocenters. The van der Waals surface area contributed by atoms with E-state index < -0.39 is 52.2 Å². The number of aromatic nitrogens is 3. The van der Waals surface area contributed by atoms with Gasteiger partial charge in [0, 0.05) is 96.7 Å². The van der Waals surface area contributed by atoms with Gasteiger partial charge in [0.05, 0.1) is 0 Å². The first-order chi connectivity index (χ1) is 29.7. The SMILES string of the molecule is CC1CN1CC(C)(C)OC(=O)NCCCCCCn1c(=O)n(CCCCCCNC(=O)OC(C)(C)CN2CC2C)c(=O)n(CCCCCCNC(=O)OC(C)(C)CN2CC2C)c1=O. The Labute approximate surface area is 374 Å². The molecule has 0 bridgehead atoms. The molecule has 0 spiro atoms. The van der Waals surface area contributed by atoms with Crippen molar-refractivity contribution in [1.82, 2.24) is 44.4 Å². The number of alkyl carbamates (subject to hydrolysis) is 3. The van der Waals surface area contributed by atoms with Crippen LogP contribution in [-0.2, 0) is 33.8 Å². The van der Waals surface area contributed by atoms with Crippen LogP contribution in [0.4, 0.5) is 14.4 Å². The zero-order valence-corrected chi connectivity index (χ0v) is 40.1. The summed E-state index contributed by atoms with van der Waals surface area (Å²) in [5.41, 5.74) is -3.53. The third-order valence-corrected chi connectivity index (χ3v) is 11.9. The monoisotopic (exact) mass is 892 g/mol. The molecule has 6 unspecified atom stereocenters. The van der Waals surface area contributed by atoms with Crippen LogP contribution in [0.3, 0.4) is 0 Å².